The van der Waals surface area contributed by atoms with Crippen LogP contribution in [-0.2, 0) is 22.4 Å². The van der Waals surface area contributed by atoms with Gasteiger partial charge in [-0.1, -0.05) is 12.1 Å². The molecule has 0 aliphatic carbocycles. The number of hydrogen-bond acceptors (Lipinski definition) is 6. The van der Waals surface area contributed by atoms with E-state index >= 15 is 0 Å². The van der Waals surface area contributed by atoms with Gasteiger partial charge in [0, 0.05) is 23.7 Å². The monoisotopic (exact) mass is 399 g/mol. The Bertz CT molecular complexity index is 1080. The normalized spacial score (nSPS) is 12.5. The first-order chi connectivity index (χ1) is 12.5. The second-order valence-corrected chi connectivity index (χ2v) is 8.39. The third kappa shape index (κ3) is 4.73. The Kier molecular flexibility index (Phi) is 4.81. The molecule has 3 aromatic rings. The Morgan fingerprint density at radius 3 is 2.41 bits per heavy atom. The summed E-state index contributed by atoms with van der Waals surface area (Å²) in [5, 5.41) is 6.47. The molecule has 0 aliphatic heterocycles. The second kappa shape index (κ2) is 6.80. The number of halogens is 3. The van der Waals surface area contributed by atoms with Crippen LogP contribution in [-0.4, -0.2) is 40.0 Å². The van der Waals surface area contributed by atoms with Crippen molar-refractivity contribution in [2.45, 2.75) is 19.5 Å². The molecule has 0 atom stereocenters. The molecule has 1 N–H and O–H groups in total. The summed E-state index contributed by atoms with van der Waals surface area (Å²) in [5.74, 6) is -1.10. The number of aryl methyl sites for hydroxylation is 2. The molecule has 2 heterocycles. The van der Waals surface area contributed by atoms with Gasteiger partial charge < -0.3 is 5.32 Å². The van der Waals surface area contributed by atoms with E-state index < -0.39 is 21.8 Å². The van der Waals surface area contributed by atoms with Gasteiger partial charge in [-0.25, -0.2) is 13.4 Å². The highest BCUT2D eigenvalue weighted by Crippen LogP contribution is 2.27. The largest absolute Gasteiger partial charge is 0.453 e. The van der Waals surface area contributed by atoms with Crippen molar-refractivity contribution in [3.8, 4) is 0 Å². The van der Waals surface area contributed by atoms with Gasteiger partial charge in [-0.05, 0) is 31.0 Å². The fraction of sp³-hybridized carbons (Fsp3) is 0.312. The summed E-state index contributed by atoms with van der Waals surface area (Å²) in [5.41, 5.74) is 1.92. The third-order valence-electron chi connectivity index (χ3n) is 3.68. The first-order valence-electron chi connectivity index (χ1n) is 7.86. The van der Waals surface area contributed by atoms with Crippen LogP contribution in [0.4, 0.5) is 24.7 Å². The lowest BCUT2D eigenvalue weighted by Gasteiger charge is -2.09. The summed E-state index contributed by atoms with van der Waals surface area (Å²) >= 11 is 0. The SMILES string of the molecule is Cc1cc(Nc2ccc(CCS(C)(=O)=O)cc2)n2nc(C(F)(F)F)nc2n1. The van der Waals surface area contributed by atoms with Crippen molar-refractivity contribution in [1.82, 2.24) is 19.6 Å². The predicted octanol–water partition coefficient (Wildman–Crippen LogP) is 2.78. The molecule has 7 nitrogen and oxygen atoms in total. The molecule has 0 unspecified atom stereocenters. The highest BCUT2D eigenvalue weighted by atomic mass is 32.2. The molecule has 0 fully saturated rings. The fourth-order valence-corrected chi connectivity index (χ4v) is 3.01. The van der Waals surface area contributed by atoms with E-state index in [1.54, 1.807) is 37.3 Å². The maximum Gasteiger partial charge on any atom is 0.453 e. The van der Waals surface area contributed by atoms with Gasteiger partial charge in [0.05, 0.1) is 5.75 Å². The summed E-state index contributed by atoms with van der Waals surface area (Å²) in [7, 11) is -3.05. The van der Waals surface area contributed by atoms with Crippen molar-refractivity contribution < 1.29 is 21.6 Å². The standard InChI is InChI=1S/C16H16F3N5O2S/c1-10-9-13(24-15(20-10)22-14(23-24)16(17,18)19)21-12-5-3-11(4-6-12)7-8-27(2,25)26/h3-6,9,21H,7-8H2,1-2H3. The van der Waals surface area contributed by atoms with Gasteiger partial charge in [-0.3, -0.25) is 0 Å². The van der Waals surface area contributed by atoms with E-state index in [1.807, 2.05) is 0 Å². The van der Waals surface area contributed by atoms with Crippen LogP contribution >= 0.6 is 0 Å². The number of anilines is 2. The Morgan fingerprint density at radius 2 is 1.81 bits per heavy atom. The van der Waals surface area contributed by atoms with Crippen molar-refractivity contribution in [2.24, 2.45) is 0 Å². The lowest BCUT2D eigenvalue weighted by molar-refractivity contribution is -0.144. The number of hydrogen-bond donors (Lipinski definition) is 1. The van der Waals surface area contributed by atoms with Crippen LogP contribution in [0.1, 0.15) is 17.1 Å². The molecule has 1 aromatic carbocycles. The summed E-state index contributed by atoms with van der Waals surface area (Å²) in [6.07, 6.45) is -3.11. The van der Waals surface area contributed by atoms with E-state index in [4.69, 9.17) is 0 Å². The minimum atomic E-state index is -4.67. The number of alkyl halides is 3. The first-order valence-corrected chi connectivity index (χ1v) is 9.93. The summed E-state index contributed by atoms with van der Waals surface area (Å²) in [6, 6.07) is 8.48. The van der Waals surface area contributed by atoms with Crippen molar-refractivity contribution in [3.63, 3.8) is 0 Å². The van der Waals surface area contributed by atoms with Crippen LogP contribution in [0.2, 0.25) is 0 Å². The van der Waals surface area contributed by atoms with E-state index in [-0.39, 0.29) is 17.3 Å². The smallest absolute Gasteiger partial charge is 0.340 e. The summed E-state index contributed by atoms with van der Waals surface area (Å²) in [4.78, 5) is 7.39. The van der Waals surface area contributed by atoms with Crippen LogP contribution in [0, 0.1) is 6.92 Å². The molecule has 3 rings (SSSR count). The molecule has 0 amide bonds. The number of nitrogens with one attached hydrogen (secondary N) is 1. The molecule has 0 saturated heterocycles. The zero-order chi connectivity index (χ0) is 19.8. The van der Waals surface area contributed by atoms with Crippen molar-refractivity contribution >= 4 is 27.1 Å². The molecule has 0 aliphatic rings. The summed E-state index contributed by atoms with van der Waals surface area (Å²) in [6.45, 7) is 1.64. The van der Waals surface area contributed by atoms with Crippen LogP contribution in [0.3, 0.4) is 0 Å². The minimum Gasteiger partial charge on any atom is -0.340 e. The first kappa shape index (κ1) is 19.1. The quantitative estimate of drug-likeness (QED) is 0.710. The number of sulfone groups is 1. The van der Waals surface area contributed by atoms with Crippen LogP contribution in [0.25, 0.3) is 5.78 Å². The second-order valence-electron chi connectivity index (χ2n) is 6.13. The minimum absolute atomic E-state index is 0.0448. The Morgan fingerprint density at radius 1 is 1.15 bits per heavy atom. The van der Waals surface area contributed by atoms with E-state index in [9.17, 15) is 21.6 Å². The molecule has 144 valence electrons. The number of nitrogens with zero attached hydrogens (tertiary/aromatic N) is 4. The van der Waals surface area contributed by atoms with Gasteiger partial charge in [0.2, 0.25) is 0 Å². The average Bonchev–Trinajstić information content (AvgIpc) is 2.98. The topological polar surface area (TPSA) is 89.2 Å². The fourth-order valence-electron chi connectivity index (χ4n) is 2.40. The molecule has 27 heavy (non-hydrogen) atoms. The maximum absolute atomic E-state index is 12.9. The lowest BCUT2D eigenvalue weighted by Crippen LogP contribution is -2.08. The predicted molar refractivity (Wildman–Crippen MR) is 93.7 cm³/mol. The van der Waals surface area contributed by atoms with Crippen molar-refractivity contribution in [3.05, 3.63) is 47.4 Å². The molecule has 11 heteroatoms. The van der Waals surface area contributed by atoms with Crippen LogP contribution in [0.15, 0.2) is 30.3 Å². The highest BCUT2D eigenvalue weighted by molar-refractivity contribution is 7.90. The van der Waals surface area contributed by atoms with Gasteiger partial charge in [-0.15, -0.1) is 5.10 Å². The van der Waals surface area contributed by atoms with Crippen LogP contribution in [0.5, 0.6) is 0 Å². The number of benzene rings is 1. The zero-order valence-corrected chi connectivity index (χ0v) is 15.3. The molecule has 0 radical (unpaired) electrons. The van der Waals surface area contributed by atoms with Gasteiger partial charge in [0.1, 0.15) is 15.7 Å². The van der Waals surface area contributed by atoms with Crippen molar-refractivity contribution in [1.29, 1.82) is 0 Å². The molecular weight excluding hydrogens is 383 g/mol. The number of rotatable bonds is 5. The third-order valence-corrected chi connectivity index (χ3v) is 4.63. The van der Waals surface area contributed by atoms with Crippen molar-refractivity contribution in [2.75, 3.05) is 17.3 Å². The van der Waals surface area contributed by atoms with Gasteiger partial charge in [0.25, 0.3) is 11.6 Å². The van der Waals surface area contributed by atoms with Gasteiger partial charge >= 0.3 is 6.18 Å². The average molecular weight is 399 g/mol. The Balaban J connectivity index is 1.86. The molecule has 0 saturated carbocycles. The molecule has 0 bridgehead atoms. The molecule has 2 aromatic heterocycles. The Hall–Kier alpha value is -2.69. The maximum atomic E-state index is 12.9. The molecular formula is C16H16F3N5O2S. The van der Waals surface area contributed by atoms with Crippen LogP contribution < -0.4 is 5.32 Å². The van der Waals surface area contributed by atoms with E-state index in [0.29, 0.717) is 17.8 Å². The lowest BCUT2D eigenvalue weighted by atomic mass is 10.1. The highest BCUT2D eigenvalue weighted by Gasteiger charge is 2.36. The number of aromatic nitrogens is 4. The van der Waals surface area contributed by atoms with Gasteiger partial charge in [-0.2, -0.15) is 22.7 Å². The van der Waals surface area contributed by atoms with E-state index in [2.05, 4.69) is 20.4 Å². The van der Waals surface area contributed by atoms with Gasteiger partial charge in [0.15, 0.2) is 0 Å². The zero-order valence-electron chi connectivity index (χ0n) is 14.4. The van der Waals surface area contributed by atoms with E-state index in [0.717, 1.165) is 10.1 Å². The number of fused-ring (bicyclic) bond motifs is 1. The van der Waals surface area contributed by atoms with E-state index in [1.165, 1.54) is 6.26 Å². The Labute approximate surface area is 153 Å². The summed E-state index contributed by atoms with van der Waals surface area (Å²) < 4.78 is 62.0. The molecule has 0 spiro atoms.